The van der Waals surface area contributed by atoms with Crippen LogP contribution in [0.15, 0.2) is 0 Å². The monoisotopic (exact) mass is 261 g/mol. The Morgan fingerprint density at radius 1 is 1.11 bits per heavy atom. The molecule has 0 saturated heterocycles. The van der Waals surface area contributed by atoms with Crippen LogP contribution < -0.4 is 5.32 Å². The van der Waals surface area contributed by atoms with Gasteiger partial charge in [-0.25, -0.2) is 0 Å². The summed E-state index contributed by atoms with van der Waals surface area (Å²) in [5.74, 6) is 0. The zero-order valence-corrected chi connectivity index (χ0v) is 12.8. The van der Waals surface area contributed by atoms with Gasteiger partial charge >= 0.3 is 0 Å². The van der Waals surface area contributed by atoms with E-state index in [1.807, 2.05) is 0 Å². The predicted molar refractivity (Wildman–Crippen MR) is 75.1 cm³/mol. The van der Waals surface area contributed by atoms with Gasteiger partial charge in [-0.05, 0) is 27.2 Å². The summed E-state index contributed by atoms with van der Waals surface area (Å²) in [7, 11) is 1.70. The van der Waals surface area contributed by atoms with Crippen molar-refractivity contribution in [3.8, 4) is 0 Å². The van der Waals surface area contributed by atoms with Crippen LogP contribution in [0, 0.1) is 0 Å². The van der Waals surface area contributed by atoms with Crippen LogP contribution in [-0.4, -0.2) is 51.7 Å². The SMILES string of the molecule is CCCCOCCOC(CNC(C)(C)C)COC. The van der Waals surface area contributed by atoms with Crippen LogP contribution in [0.5, 0.6) is 0 Å². The van der Waals surface area contributed by atoms with Crippen LogP contribution >= 0.6 is 0 Å². The van der Waals surface area contributed by atoms with E-state index >= 15 is 0 Å². The Morgan fingerprint density at radius 3 is 2.39 bits per heavy atom. The molecule has 0 bridgehead atoms. The van der Waals surface area contributed by atoms with Gasteiger partial charge in [0.1, 0.15) is 0 Å². The average Bonchev–Trinajstić information content (AvgIpc) is 2.29. The fraction of sp³-hybridized carbons (Fsp3) is 1.00. The lowest BCUT2D eigenvalue weighted by Crippen LogP contribution is -2.43. The van der Waals surface area contributed by atoms with Crippen LogP contribution in [0.2, 0.25) is 0 Å². The van der Waals surface area contributed by atoms with Crippen LogP contribution in [-0.2, 0) is 14.2 Å². The summed E-state index contributed by atoms with van der Waals surface area (Å²) < 4.78 is 16.4. The second-order valence-corrected chi connectivity index (χ2v) is 5.54. The van der Waals surface area contributed by atoms with Crippen molar-refractivity contribution in [1.82, 2.24) is 5.32 Å². The zero-order chi connectivity index (χ0) is 13.9. The van der Waals surface area contributed by atoms with Crippen molar-refractivity contribution in [3.05, 3.63) is 0 Å². The molecule has 0 amide bonds. The molecule has 0 aliphatic rings. The zero-order valence-electron chi connectivity index (χ0n) is 12.8. The van der Waals surface area contributed by atoms with Gasteiger partial charge in [0.15, 0.2) is 0 Å². The third-order valence-electron chi connectivity index (χ3n) is 2.44. The molecule has 0 aromatic rings. The van der Waals surface area contributed by atoms with Gasteiger partial charge in [0.05, 0.1) is 25.9 Å². The summed E-state index contributed by atoms with van der Waals surface area (Å²) in [6.45, 7) is 12.1. The molecule has 110 valence electrons. The number of ether oxygens (including phenoxy) is 3. The Bertz CT molecular complexity index is 180. The molecular formula is C14H31NO3. The number of hydrogen-bond donors (Lipinski definition) is 1. The molecule has 0 aliphatic carbocycles. The molecule has 0 rings (SSSR count). The molecule has 1 N–H and O–H groups in total. The highest BCUT2D eigenvalue weighted by Gasteiger charge is 2.14. The van der Waals surface area contributed by atoms with Crippen LogP contribution in [0.3, 0.4) is 0 Å². The van der Waals surface area contributed by atoms with E-state index in [4.69, 9.17) is 14.2 Å². The number of methoxy groups -OCH3 is 1. The fourth-order valence-corrected chi connectivity index (χ4v) is 1.39. The second kappa shape index (κ2) is 10.7. The second-order valence-electron chi connectivity index (χ2n) is 5.54. The van der Waals surface area contributed by atoms with E-state index in [2.05, 4.69) is 33.0 Å². The molecule has 0 fully saturated rings. The van der Waals surface area contributed by atoms with Crippen molar-refractivity contribution < 1.29 is 14.2 Å². The first-order valence-corrected chi connectivity index (χ1v) is 6.93. The van der Waals surface area contributed by atoms with Gasteiger partial charge in [-0.15, -0.1) is 0 Å². The van der Waals surface area contributed by atoms with Gasteiger partial charge in [-0.3, -0.25) is 0 Å². The van der Waals surface area contributed by atoms with E-state index in [0.29, 0.717) is 19.8 Å². The van der Waals surface area contributed by atoms with Crippen molar-refractivity contribution in [2.24, 2.45) is 0 Å². The highest BCUT2D eigenvalue weighted by Crippen LogP contribution is 2.01. The maximum Gasteiger partial charge on any atom is 0.0933 e. The molecule has 0 aliphatic heterocycles. The minimum absolute atomic E-state index is 0.0870. The molecule has 1 atom stereocenters. The highest BCUT2D eigenvalue weighted by molar-refractivity contribution is 4.73. The molecule has 0 aromatic heterocycles. The first-order valence-electron chi connectivity index (χ1n) is 6.93. The van der Waals surface area contributed by atoms with Gasteiger partial charge in [0, 0.05) is 25.8 Å². The van der Waals surface area contributed by atoms with Crippen LogP contribution in [0.4, 0.5) is 0 Å². The Hall–Kier alpha value is -0.160. The first kappa shape index (κ1) is 17.8. The Balaban J connectivity index is 3.63. The lowest BCUT2D eigenvalue weighted by Gasteiger charge is -2.25. The maximum atomic E-state index is 5.75. The van der Waals surface area contributed by atoms with Gasteiger partial charge < -0.3 is 19.5 Å². The summed E-state index contributed by atoms with van der Waals surface area (Å²) in [5.41, 5.74) is 0.104. The number of hydrogen-bond acceptors (Lipinski definition) is 4. The van der Waals surface area contributed by atoms with Crippen molar-refractivity contribution in [2.75, 3.05) is 40.1 Å². The van der Waals surface area contributed by atoms with Crippen LogP contribution in [0.25, 0.3) is 0 Å². The fourth-order valence-electron chi connectivity index (χ4n) is 1.39. The van der Waals surface area contributed by atoms with Gasteiger partial charge in [-0.1, -0.05) is 13.3 Å². The summed E-state index contributed by atoms with van der Waals surface area (Å²) in [6, 6.07) is 0. The van der Waals surface area contributed by atoms with E-state index in [-0.39, 0.29) is 11.6 Å². The van der Waals surface area contributed by atoms with E-state index in [9.17, 15) is 0 Å². The number of nitrogens with one attached hydrogen (secondary N) is 1. The summed E-state index contributed by atoms with van der Waals surface area (Å²) in [4.78, 5) is 0. The molecule has 0 saturated carbocycles. The predicted octanol–water partition coefficient (Wildman–Crippen LogP) is 2.22. The Morgan fingerprint density at radius 2 is 1.83 bits per heavy atom. The van der Waals surface area contributed by atoms with Crippen molar-refractivity contribution in [1.29, 1.82) is 0 Å². The minimum Gasteiger partial charge on any atom is -0.382 e. The standard InChI is InChI=1S/C14H31NO3/c1-6-7-8-17-9-10-18-13(12-16-5)11-15-14(2,3)4/h13,15H,6-12H2,1-5H3. The lowest BCUT2D eigenvalue weighted by atomic mass is 10.1. The van der Waals surface area contributed by atoms with Crippen molar-refractivity contribution in [3.63, 3.8) is 0 Å². The molecule has 0 aromatic carbocycles. The van der Waals surface area contributed by atoms with E-state index in [0.717, 1.165) is 19.6 Å². The maximum absolute atomic E-state index is 5.75. The van der Waals surface area contributed by atoms with Gasteiger partial charge in [0.2, 0.25) is 0 Å². The summed E-state index contributed by atoms with van der Waals surface area (Å²) in [6.07, 6.45) is 2.37. The Kier molecular flexibility index (Phi) is 10.6. The molecule has 18 heavy (non-hydrogen) atoms. The normalized spacial score (nSPS) is 13.8. The molecular weight excluding hydrogens is 230 g/mol. The van der Waals surface area contributed by atoms with Crippen molar-refractivity contribution >= 4 is 0 Å². The summed E-state index contributed by atoms with van der Waals surface area (Å²) >= 11 is 0. The molecule has 0 radical (unpaired) electrons. The quantitative estimate of drug-likeness (QED) is 0.579. The van der Waals surface area contributed by atoms with Gasteiger partial charge in [-0.2, -0.15) is 0 Å². The third-order valence-corrected chi connectivity index (χ3v) is 2.44. The third kappa shape index (κ3) is 12.3. The van der Waals surface area contributed by atoms with E-state index in [1.54, 1.807) is 7.11 Å². The number of unbranched alkanes of at least 4 members (excludes halogenated alkanes) is 1. The lowest BCUT2D eigenvalue weighted by molar-refractivity contribution is -0.0295. The molecule has 0 heterocycles. The smallest absolute Gasteiger partial charge is 0.0933 e. The van der Waals surface area contributed by atoms with Gasteiger partial charge in [0.25, 0.3) is 0 Å². The largest absolute Gasteiger partial charge is 0.382 e. The highest BCUT2D eigenvalue weighted by atomic mass is 16.5. The first-order chi connectivity index (χ1) is 8.49. The topological polar surface area (TPSA) is 39.7 Å². The molecule has 0 spiro atoms. The molecule has 4 heteroatoms. The number of rotatable bonds is 11. The summed E-state index contributed by atoms with van der Waals surface area (Å²) in [5, 5.41) is 3.42. The molecule has 1 unspecified atom stereocenters. The minimum atomic E-state index is 0.0870. The van der Waals surface area contributed by atoms with E-state index in [1.165, 1.54) is 6.42 Å². The van der Waals surface area contributed by atoms with E-state index < -0.39 is 0 Å². The van der Waals surface area contributed by atoms with Crippen LogP contribution in [0.1, 0.15) is 40.5 Å². The Labute approximate surface area is 112 Å². The molecule has 4 nitrogen and oxygen atoms in total. The average molecular weight is 261 g/mol. The van der Waals surface area contributed by atoms with Crippen molar-refractivity contribution in [2.45, 2.75) is 52.2 Å².